The summed E-state index contributed by atoms with van der Waals surface area (Å²) in [5, 5.41) is 10.6. The first-order chi connectivity index (χ1) is 47.6. The van der Waals surface area contributed by atoms with E-state index in [2.05, 4.69) is 55.4 Å². The van der Waals surface area contributed by atoms with Crippen molar-refractivity contribution in [3.05, 3.63) is 0 Å². The van der Waals surface area contributed by atoms with E-state index in [1.54, 1.807) is 0 Å². The molecule has 0 aromatic carbocycles. The van der Waals surface area contributed by atoms with Crippen molar-refractivity contribution in [1.82, 2.24) is 0 Å². The van der Waals surface area contributed by atoms with Crippen LogP contribution in [0.2, 0.25) is 0 Å². The number of rotatable bonds is 77. The van der Waals surface area contributed by atoms with Gasteiger partial charge in [-0.1, -0.05) is 357 Å². The number of phosphoric acid groups is 2. The van der Waals surface area contributed by atoms with Crippen LogP contribution in [0.5, 0.6) is 0 Å². The second-order valence-electron chi connectivity index (χ2n) is 30.5. The molecule has 99 heavy (non-hydrogen) atoms. The Kier molecular flexibility index (Phi) is 67.8. The molecule has 0 radical (unpaired) electrons. The molecule has 0 spiro atoms. The van der Waals surface area contributed by atoms with E-state index in [0.29, 0.717) is 25.7 Å². The van der Waals surface area contributed by atoms with Gasteiger partial charge in [0.2, 0.25) is 0 Å². The van der Waals surface area contributed by atoms with E-state index in [4.69, 9.17) is 37.0 Å². The van der Waals surface area contributed by atoms with E-state index in [1.165, 1.54) is 205 Å². The molecule has 0 aliphatic carbocycles. The second-order valence-corrected chi connectivity index (χ2v) is 33.4. The summed E-state index contributed by atoms with van der Waals surface area (Å²) < 4.78 is 68.6. The van der Waals surface area contributed by atoms with E-state index in [-0.39, 0.29) is 25.7 Å². The van der Waals surface area contributed by atoms with E-state index in [9.17, 15) is 43.2 Å². The van der Waals surface area contributed by atoms with E-state index in [1.807, 2.05) is 0 Å². The third-order valence-electron chi connectivity index (χ3n) is 18.9. The highest BCUT2D eigenvalue weighted by Gasteiger charge is 2.30. The molecule has 0 rings (SSSR count). The number of carbonyl (C=O) groups excluding carboxylic acids is 4. The molecule has 0 amide bonds. The zero-order valence-electron chi connectivity index (χ0n) is 65.1. The van der Waals surface area contributed by atoms with Crippen molar-refractivity contribution in [3.8, 4) is 0 Å². The van der Waals surface area contributed by atoms with Gasteiger partial charge in [-0.25, -0.2) is 9.13 Å². The predicted octanol–water partition coefficient (Wildman–Crippen LogP) is 23.6. The SMILES string of the molecule is CCC(C)CCCCCCCCC(=O)OC[C@H](COP(=O)(O)OC[C@H](O)COP(=O)(O)OC[C@@H](COC(=O)CCCCCCCCCCCCCCCCCCCCC(C)C)OC(=O)CCCCCCCCCCCCCCC(C)C)OC(=O)CCCCCCCCCCCCC(C)C. The summed E-state index contributed by atoms with van der Waals surface area (Å²) in [6.07, 6.45) is 55.6. The van der Waals surface area contributed by atoms with Crippen molar-refractivity contribution in [3.63, 3.8) is 0 Å². The van der Waals surface area contributed by atoms with Crippen LogP contribution < -0.4 is 0 Å². The van der Waals surface area contributed by atoms with Gasteiger partial charge in [-0.15, -0.1) is 0 Å². The summed E-state index contributed by atoms with van der Waals surface area (Å²) in [4.78, 5) is 72.9. The van der Waals surface area contributed by atoms with Gasteiger partial charge < -0.3 is 33.8 Å². The Hall–Kier alpha value is -1.94. The number of aliphatic hydroxyl groups excluding tert-OH is 1. The minimum Gasteiger partial charge on any atom is -0.462 e. The third-order valence-corrected chi connectivity index (χ3v) is 20.8. The van der Waals surface area contributed by atoms with Gasteiger partial charge >= 0.3 is 39.5 Å². The van der Waals surface area contributed by atoms with Crippen LogP contribution in [0.3, 0.4) is 0 Å². The normalized spacial score (nSPS) is 14.3. The summed E-state index contributed by atoms with van der Waals surface area (Å²) >= 11 is 0. The lowest BCUT2D eigenvalue weighted by molar-refractivity contribution is -0.161. The van der Waals surface area contributed by atoms with Crippen molar-refractivity contribution in [2.45, 2.75) is 427 Å². The number of hydrogen-bond donors (Lipinski definition) is 3. The largest absolute Gasteiger partial charge is 0.472 e. The standard InChI is InChI=1S/C80H156O17P2/c1-9-73(8)59-51-43-38-39-45-53-61-78(83)91-67-76(97-80(85)63-55-47-37-31-25-24-28-34-42-50-58-72(6)7)69-95-99(88,89)93-65-74(81)64-92-98(86,87)94-68-75(96-79(84)62-54-46-36-30-23-19-18-21-27-33-41-49-57-71(4)5)66-90-77(82)60-52-44-35-29-22-17-15-13-11-10-12-14-16-20-26-32-40-48-56-70(2)3/h70-76,81H,9-69H2,1-8H3,(H,86,87)(H,88,89)/t73?,74-,75-,76-/m1/s1. The van der Waals surface area contributed by atoms with Crippen LogP contribution in [0.1, 0.15) is 409 Å². The van der Waals surface area contributed by atoms with Crippen LogP contribution >= 0.6 is 15.6 Å². The average molecular weight is 1450 g/mol. The maximum absolute atomic E-state index is 13.1. The molecular formula is C80H156O17P2. The van der Waals surface area contributed by atoms with Crippen molar-refractivity contribution in [2.75, 3.05) is 39.6 Å². The molecule has 0 heterocycles. The first-order valence-corrected chi connectivity index (χ1v) is 44.2. The zero-order valence-corrected chi connectivity index (χ0v) is 66.9. The lowest BCUT2D eigenvalue weighted by atomic mass is 10.00. The molecule has 0 saturated heterocycles. The first-order valence-electron chi connectivity index (χ1n) is 41.2. The molecule has 0 bridgehead atoms. The van der Waals surface area contributed by atoms with Crippen molar-refractivity contribution < 1.29 is 80.2 Å². The first kappa shape index (κ1) is 97.1. The minimum atomic E-state index is -4.96. The van der Waals surface area contributed by atoms with E-state index in [0.717, 1.165) is 120 Å². The summed E-state index contributed by atoms with van der Waals surface area (Å²) in [5.74, 6) is 0.965. The van der Waals surface area contributed by atoms with Gasteiger partial charge in [-0.05, 0) is 49.4 Å². The molecule has 0 aliphatic rings. The van der Waals surface area contributed by atoms with E-state index >= 15 is 0 Å². The number of phosphoric ester groups is 2. The van der Waals surface area contributed by atoms with Crippen LogP contribution in [0.15, 0.2) is 0 Å². The topological polar surface area (TPSA) is 237 Å². The van der Waals surface area contributed by atoms with Crippen molar-refractivity contribution in [1.29, 1.82) is 0 Å². The molecule has 0 aromatic rings. The predicted molar refractivity (Wildman–Crippen MR) is 404 cm³/mol. The fourth-order valence-electron chi connectivity index (χ4n) is 12.2. The monoisotopic (exact) mass is 1450 g/mol. The third kappa shape index (κ3) is 72.8. The molecule has 0 fully saturated rings. The molecule has 3 unspecified atom stereocenters. The van der Waals surface area contributed by atoms with Gasteiger partial charge in [0.1, 0.15) is 19.3 Å². The van der Waals surface area contributed by atoms with Gasteiger partial charge in [0.05, 0.1) is 26.4 Å². The Morgan fingerprint density at radius 1 is 0.283 bits per heavy atom. The minimum absolute atomic E-state index is 0.105. The molecule has 19 heteroatoms. The molecule has 0 aromatic heterocycles. The highest BCUT2D eigenvalue weighted by molar-refractivity contribution is 7.47. The van der Waals surface area contributed by atoms with Crippen LogP contribution in [0, 0.1) is 23.7 Å². The maximum atomic E-state index is 13.1. The Morgan fingerprint density at radius 3 is 0.717 bits per heavy atom. The molecule has 3 N–H and O–H groups in total. The number of carbonyl (C=O) groups is 4. The quantitative estimate of drug-likeness (QED) is 0.0222. The Bertz CT molecular complexity index is 1940. The lowest BCUT2D eigenvalue weighted by Gasteiger charge is -2.21. The van der Waals surface area contributed by atoms with Gasteiger partial charge in [-0.3, -0.25) is 37.3 Å². The Labute approximate surface area is 607 Å². The smallest absolute Gasteiger partial charge is 0.462 e. The lowest BCUT2D eigenvalue weighted by Crippen LogP contribution is -2.30. The number of aliphatic hydroxyl groups is 1. The Morgan fingerprint density at radius 2 is 0.485 bits per heavy atom. The molecule has 588 valence electrons. The number of ether oxygens (including phenoxy) is 4. The maximum Gasteiger partial charge on any atom is 0.472 e. The number of unbranched alkanes of at least 4 members (excludes halogenated alkanes) is 42. The van der Waals surface area contributed by atoms with Crippen LogP contribution in [0.25, 0.3) is 0 Å². The average Bonchev–Trinajstić information content (AvgIpc) is 0.973. The zero-order chi connectivity index (χ0) is 73.1. The number of esters is 4. The molecule has 6 atom stereocenters. The summed E-state index contributed by atoms with van der Waals surface area (Å²) in [5.41, 5.74) is 0. The van der Waals surface area contributed by atoms with E-state index < -0.39 is 97.5 Å². The fraction of sp³-hybridized carbons (Fsp3) is 0.950. The highest BCUT2D eigenvalue weighted by atomic mass is 31.2. The molecule has 17 nitrogen and oxygen atoms in total. The van der Waals surface area contributed by atoms with Crippen LogP contribution in [0.4, 0.5) is 0 Å². The summed E-state index contributed by atoms with van der Waals surface area (Å²) in [6, 6.07) is 0. The second kappa shape index (κ2) is 69.1. The summed E-state index contributed by atoms with van der Waals surface area (Å²) in [7, 11) is -9.92. The van der Waals surface area contributed by atoms with Gasteiger partial charge in [-0.2, -0.15) is 0 Å². The fourth-order valence-corrected chi connectivity index (χ4v) is 13.8. The Balaban J connectivity index is 5.21. The van der Waals surface area contributed by atoms with Gasteiger partial charge in [0, 0.05) is 25.7 Å². The molecule has 0 saturated carbocycles. The number of hydrogen-bond acceptors (Lipinski definition) is 15. The van der Waals surface area contributed by atoms with Crippen LogP contribution in [-0.2, 0) is 65.4 Å². The highest BCUT2D eigenvalue weighted by Crippen LogP contribution is 2.45. The van der Waals surface area contributed by atoms with Crippen molar-refractivity contribution in [2.24, 2.45) is 23.7 Å². The summed E-state index contributed by atoms with van der Waals surface area (Å²) in [6.45, 7) is 14.2. The van der Waals surface area contributed by atoms with Crippen molar-refractivity contribution >= 4 is 39.5 Å². The molecule has 0 aliphatic heterocycles. The molecular weight excluding hydrogens is 1290 g/mol. The van der Waals surface area contributed by atoms with Crippen LogP contribution in [-0.4, -0.2) is 96.7 Å². The van der Waals surface area contributed by atoms with Gasteiger partial charge in [0.25, 0.3) is 0 Å². The van der Waals surface area contributed by atoms with Gasteiger partial charge in [0.15, 0.2) is 12.2 Å².